The van der Waals surface area contributed by atoms with Gasteiger partial charge in [0.05, 0.1) is 42.3 Å². The number of anilines is 3. The third-order valence-electron chi connectivity index (χ3n) is 9.42. The van der Waals surface area contributed by atoms with Gasteiger partial charge in [-0.25, -0.2) is 9.50 Å². The number of amides is 2. The summed E-state index contributed by atoms with van der Waals surface area (Å²) in [5.74, 6) is -0.255. The zero-order valence-electron chi connectivity index (χ0n) is 33.4. The number of rotatable bonds is 11. The van der Waals surface area contributed by atoms with E-state index >= 15 is 0 Å². The third kappa shape index (κ3) is 9.31. The maximum absolute atomic E-state index is 13.6. The smallest absolute Gasteiger partial charge is 0.619 e. The molecule has 0 atom stereocenters. The minimum atomic E-state index is -0.312. The van der Waals surface area contributed by atoms with Crippen molar-refractivity contribution < 1.29 is 70.4 Å². The fourth-order valence-electron chi connectivity index (χ4n) is 6.86. The maximum atomic E-state index is 13.6. The number of amidine groups is 1. The number of ether oxygens (including phenoxy) is 2. The molecular weight excluding hydrogens is 748 g/mol. The summed E-state index contributed by atoms with van der Waals surface area (Å²) < 4.78 is 13.9. The topological polar surface area (TPSA) is 202 Å². The SMILES string of the molecule is COCc1ccc(NC(=O)c2c(-c3ccccc3)c(C(C)C)n3ncnc(N)c23)cc1.C[N-]n1c(C(C)C)cc(C(=O)Nc2ccc3c(c2)COC3)c1C(=N)N.[K+]. The predicted octanol–water partition coefficient (Wildman–Crippen LogP) is 4.45. The van der Waals surface area contributed by atoms with Gasteiger partial charge in [0.15, 0.2) is 5.82 Å². The zero-order chi connectivity index (χ0) is 40.1. The first-order valence-corrected chi connectivity index (χ1v) is 18.2. The number of carbonyl (C=O) groups excluding carboxylic acids is 2. The fourth-order valence-corrected chi connectivity index (χ4v) is 6.86. The van der Waals surface area contributed by atoms with Gasteiger partial charge in [0.1, 0.15) is 17.7 Å². The van der Waals surface area contributed by atoms with Crippen molar-refractivity contribution in [2.24, 2.45) is 5.73 Å². The Hall–Kier alpha value is -4.87. The van der Waals surface area contributed by atoms with E-state index in [1.54, 1.807) is 29.4 Å². The van der Waals surface area contributed by atoms with Crippen LogP contribution < -0.4 is 73.5 Å². The van der Waals surface area contributed by atoms with Crippen molar-refractivity contribution in [1.29, 1.82) is 5.41 Å². The molecule has 0 radical (unpaired) electrons. The van der Waals surface area contributed by atoms with Crippen molar-refractivity contribution in [3.8, 4) is 11.1 Å². The number of benzene rings is 3. The molecule has 3 aromatic heterocycles. The van der Waals surface area contributed by atoms with Crippen molar-refractivity contribution in [2.45, 2.75) is 59.4 Å². The number of aromatic nitrogens is 4. The first-order valence-electron chi connectivity index (χ1n) is 18.2. The van der Waals surface area contributed by atoms with Gasteiger partial charge in [-0.15, -0.1) is 7.05 Å². The predicted molar refractivity (Wildman–Crippen MR) is 219 cm³/mol. The molecule has 3 aromatic carbocycles. The molecule has 0 bridgehead atoms. The summed E-state index contributed by atoms with van der Waals surface area (Å²) in [7, 11) is 3.26. The van der Waals surface area contributed by atoms with Gasteiger partial charge in [-0.3, -0.25) is 15.0 Å². The Bertz CT molecular complexity index is 2390. The number of nitrogens with two attached hydrogens (primary N) is 2. The van der Waals surface area contributed by atoms with Gasteiger partial charge in [0.25, 0.3) is 11.8 Å². The van der Waals surface area contributed by atoms with Crippen LogP contribution in [0.3, 0.4) is 0 Å². The molecule has 0 spiro atoms. The Balaban J connectivity index is 0.000000219. The van der Waals surface area contributed by atoms with Gasteiger partial charge >= 0.3 is 51.4 Å². The van der Waals surface area contributed by atoms with E-state index in [9.17, 15) is 9.59 Å². The number of hydrogen-bond donors (Lipinski definition) is 5. The average molecular weight is 795 g/mol. The zero-order valence-corrected chi connectivity index (χ0v) is 36.5. The summed E-state index contributed by atoms with van der Waals surface area (Å²) in [5.41, 5.74) is 25.9. The van der Waals surface area contributed by atoms with Crippen LogP contribution in [0.2, 0.25) is 0 Å². The number of nitrogens with one attached hydrogen (secondary N) is 3. The van der Waals surface area contributed by atoms with Crippen molar-refractivity contribution in [1.82, 2.24) is 19.3 Å². The molecule has 0 saturated carbocycles. The average Bonchev–Trinajstić information content (AvgIpc) is 3.91. The van der Waals surface area contributed by atoms with E-state index in [1.165, 1.54) is 6.33 Å². The van der Waals surface area contributed by atoms with E-state index in [0.717, 1.165) is 39.2 Å². The molecule has 14 nitrogen and oxygen atoms in total. The molecule has 0 unspecified atom stereocenters. The Morgan fingerprint density at radius 2 is 1.60 bits per heavy atom. The quantitative estimate of drug-likeness (QED) is 0.0719. The molecule has 0 aliphatic carbocycles. The summed E-state index contributed by atoms with van der Waals surface area (Å²) in [6.07, 6.45) is 1.42. The van der Waals surface area contributed by atoms with Crippen molar-refractivity contribution >= 4 is 40.4 Å². The molecule has 1 aliphatic heterocycles. The Morgan fingerprint density at radius 3 is 2.23 bits per heavy atom. The van der Waals surface area contributed by atoms with E-state index in [2.05, 4.69) is 40.0 Å². The maximum Gasteiger partial charge on any atom is 1.00 e. The van der Waals surface area contributed by atoms with Crippen molar-refractivity contribution in [3.63, 3.8) is 0 Å². The summed E-state index contributed by atoms with van der Waals surface area (Å²) in [6.45, 7) is 9.83. The summed E-state index contributed by atoms with van der Waals surface area (Å²) in [6, 6.07) is 24.9. The van der Waals surface area contributed by atoms with Crippen LogP contribution in [0.25, 0.3) is 22.1 Å². The summed E-state index contributed by atoms with van der Waals surface area (Å²) >= 11 is 0. The molecule has 0 saturated heterocycles. The molecule has 6 aromatic rings. The first kappa shape index (κ1) is 43.3. The molecule has 0 fully saturated rings. The molecule has 290 valence electrons. The van der Waals surface area contributed by atoms with Gasteiger partial charge in [-0.1, -0.05) is 76.2 Å². The number of nitrogens with zero attached hydrogens (tertiary/aromatic N) is 5. The normalized spacial score (nSPS) is 11.8. The van der Waals surface area contributed by atoms with Gasteiger partial charge in [-0.05, 0) is 64.4 Å². The third-order valence-corrected chi connectivity index (χ3v) is 9.42. The van der Waals surface area contributed by atoms with Gasteiger partial charge in [0.2, 0.25) is 0 Å². The second kappa shape index (κ2) is 19.0. The molecule has 1 aliphatic rings. The van der Waals surface area contributed by atoms with Crippen molar-refractivity contribution in [3.05, 3.63) is 136 Å². The first-order chi connectivity index (χ1) is 26.9. The Labute approximate surface area is 374 Å². The van der Waals surface area contributed by atoms with Crippen LogP contribution in [0, 0.1) is 5.41 Å². The minimum Gasteiger partial charge on any atom is -0.619 e. The van der Waals surface area contributed by atoms with Gasteiger partial charge in [-0.2, -0.15) is 5.10 Å². The van der Waals surface area contributed by atoms with E-state index in [1.807, 2.05) is 86.6 Å². The molecule has 2 amide bonds. The van der Waals surface area contributed by atoms with E-state index in [4.69, 9.17) is 26.4 Å². The monoisotopic (exact) mass is 794 g/mol. The Morgan fingerprint density at radius 1 is 0.930 bits per heavy atom. The Kier molecular flexibility index (Phi) is 14.5. The van der Waals surface area contributed by atoms with Crippen molar-refractivity contribution in [2.75, 3.05) is 30.5 Å². The molecule has 7 rings (SSSR count). The molecule has 4 heterocycles. The number of carbonyl (C=O) groups is 2. The second-order valence-corrected chi connectivity index (χ2v) is 14.0. The van der Waals surface area contributed by atoms with Crippen LogP contribution in [-0.2, 0) is 29.3 Å². The standard InChI is InChI=1S/C24H25N5O2.C18H22N5O2.K/c1-15(2)21-19(17-7-5-4-6-8-17)20(22-23(25)26-14-27-29(21)22)24(30)28-18-11-9-16(10-12-18)13-31-3;1-10(2)15-7-14(16(17(19)20)23(15)21-3)18(24)22-13-5-4-11-8-25-9-12(11)6-13;/h4-12,14-15H,13H2,1-3H3,(H,28,30)(H2,25,26,27);4-7,10H,8-9H2,1-3H3,(H3,19,20)(H,22,24);/q;-1;+1. The van der Waals surface area contributed by atoms with E-state index < -0.39 is 0 Å². The molecule has 57 heavy (non-hydrogen) atoms. The van der Waals surface area contributed by atoms with E-state index in [0.29, 0.717) is 53.5 Å². The van der Waals surface area contributed by atoms with Gasteiger partial charge < -0.3 is 41.7 Å². The number of hydrogen-bond acceptors (Lipinski definition) is 8. The van der Waals surface area contributed by atoms with Crippen LogP contribution >= 0.6 is 0 Å². The molecule has 7 N–H and O–H groups in total. The summed E-state index contributed by atoms with van der Waals surface area (Å²) in [5, 5.41) is 18.2. The van der Waals surface area contributed by atoms with Crippen LogP contribution in [0.5, 0.6) is 0 Å². The van der Waals surface area contributed by atoms with Crippen LogP contribution in [0.1, 0.15) is 94.0 Å². The van der Waals surface area contributed by atoms with Crippen LogP contribution in [0.4, 0.5) is 17.2 Å². The molecular formula is C42H47KN10O4. The molecule has 15 heteroatoms. The van der Waals surface area contributed by atoms with Crippen LogP contribution in [-0.4, -0.2) is 51.1 Å². The number of fused-ring (bicyclic) bond motifs is 2. The minimum absolute atomic E-state index is 0. The van der Waals surface area contributed by atoms with Crippen LogP contribution in [0.15, 0.2) is 85.2 Å². The largest absolute Gasteiger partial charge is 1.00 e. The number of nitrogen functional groups attached to an aromatic ring is 2. The second-order valence-electron chi connectivity index (χ2n) is 14.0. The van der Waals surface area contributed by atoms with E-state index in [-0.39, 0.29) is 86.7 Å². The number of methoxy groups -OCH3 is 1. The fraction of sp³-hybridized carbons (Fsp3) is 0.262. The summed E-state index contributed by atoms with van der Waals surface area (Å²) in [4.78, 5) is 30.5. The van der Waals surface area contributed by atoms with Gasteiger partial charge in [0, 0.05) is 29.7 Å².